The molecule has 1 N–H and O–H groups in total. The summed E-state index contributed by atoms with van der Waals surface area (Å²) in [6, 6.07) is 0.404. The van der Waals surface area contributed by atoms with Crippen LogP contribution in [-0.4, -0.2) is 42.0 Å². The van der Waals surface area contributed by atoms with Crippen LogP contribution in [0.15, 0.2) is 0 Å². The van der Waals surface area contributed by atoms with Gasteiger partial charge in [0.15, 0.2) is 0 Å². The molecule has 5 rings (SSSR count). The van der Waals surface area contributed by atoms with Gasteiger partial charge in [0, 0.05) is 23.8 Å². The molecule has 0 radical (unpaired) electrons. The molecule has 0 aliphatic heterocycles. The lowest BCUT2D eigenvalue weighted by molar-refractivity contribution is -0.157. The number of hydrogen-bond acceptors (Lipinski definition) is 3. The summed E-state index contributed by atoms with van der Waals surface area (Å²) >= 11 is 0. The Morgan fingerprint density at radius 3 is 2.24 bits per heavy atom. The molecule has 5 aliphatic carbocycles. The smallest absolute Gasteiger partial charge is 0.138 e. The van der Waals surface area contributed by atoms with Crippen molar-refractivity contribution in [2.45, 2.75) is 98.1 Å². The maximum atomic E-state index is 12.8. The number of aliphatic hydroxyl groups is 1. The first-order valence-electron chi connectivity index (χ1n) is 12.3. The van der Waals surface area contributed by atoms with Gasteiger partial charge in [-0.2, -0.15) is 0 Å². The van der Waals surface area contributed by atoms with E-state index in [4.69, 9.17) is 0 Å². The Hall–Kier alpha value is -0.410. The van der Waals surface area contributed by atoms with Crippen LogP contribution in [0.4, 0.5) is 0 Å². The standard InChI is InChI=1S/C26H43NO2/c1-16(27(6)7)21-17(28)14-24(5)19-9-8-18-22(2,3)20(29)10-11-25(18)15-26(19,25)13-12-23(21,24)4/h16-19,21,28H,8-15H2,1-7H3/t16-,17+,18-,19-,21-,23+,24-,25+,26-/m0/s1. The summed E-state index contributed by atoms with van der Waals surface area (Å²) in [5.41, 5.74) is 1.18. The number of carbonyl (C=O) groups is 1. The fourth-order valence-corrected chi connectivity index (χ4v) is 10.5. The second-order valence-corrected chi connectivity index (χ2v) is 13.2. The van der Waals surface area contributed by atoms with Crippen molar-refractivity contribution < 1.29 is 9.90 Å². The summed E-state index contributed by atoms with van der Waals surface area (Å²) < 4.78 is 0. The van der Waals surface area contributed by atoms with Crippen LogP contribution in [0.3, 0.4) is 0 Å². The van der Waals surface area contributed by atoms with Crippen LogP contribution in [0.2, 0.25) is 0 Å². The monoisotopic (exact) mass is 401 g/mol. The molecule has 0 unspecified atom stereocenters. The molecule has 0 heterocycles. The van der Waals surface area contributed by atoms with Gasteiger partial charge in [0.1, 0.15) is 5.78 Å². The van der Waals surface area contributed by atoms with Crippen molar-refractivity contribution in [1.29, 1.82) is 0 Å². The van der Waals surface area contributed by atoms with Crippen LogP contribution in [0, 0.1) is 44.8 Å². The van der Waals surface area contributed by atoms with Gasteiger partial charge in [-0.1, -0.05) is 27.7 Å². The normalized spacial score (nSPS) is 56.2. The fraction of sp³-hybridized carbons (Fsp3) is 0.962. The van der Waals surface area contributed by atoms with Crippen LogP contribution >= 0.6 is 0 Å². The Bertz CT molecular complexity index is 745. The average Bonchev–Trinajstić information content (AvgIpc) is 3.24. The van der Waals surface area contributed by atoms with E-state index in [2.05, 4.69) is 53.6 Å². The zero-order valence-corrected chi connectivity index (χ0v) is 19.8. The molecular formula is C26H43NO2. The van der Waals surface area contributed by atoms with Gasteiger partial charge in [0.2, 0.25) is 0 Å². The van der Waals surface area contributed by atoms with Crippen LogP contribution < -0.4 is 0 Å². The van der Waals surface area contributed by atoms with Gasteiger partial charge in [-0.15, -0.1) is 0 Å². The molecule has 9 atom stereocenters. The third-order valence-electron chi connectivity index (χ3n) is 12.2. The van der Waals surface area contributed by atoms with E-state index >= 15 is 0 Å². The van der Waals surface area contributed by atoms with Gasteiger partial charge in [0.25, 0.3) is 0 Å². The van der Waals surface area contributed by atoms with Crippen LogP contribution in [0.1, 0.15) is 86.0 Å². The number of aliphatic hydroxyl groups excluding tert-OH is 1. The second-order valence-electron chi connectivity index (χ2n) is 13.2. The highest BCUT2D eigenvalue weighted by Gasteiger charge is 2.82. The predicted octanol–water partition coefficient (Wildman–Crippen LogP) is 4.92. The van der Waals surface area contributed by atoms with Crippen LogP contribution in [0.5, 0.6) is 0 Å². The lowest BCUT2D eigenvalue weighted by Gasteiger charge is -2.62. The minimum Gasteiger partial charge on any atom is -0.393 e. The first kappa shape index (κ1) is 20.5. The Kier molecular flexibility index (Phi) is 4.02. The van der Waals surface area contributed by atoms with E-state index in [1.807, 2.05) is 0 Å². The highest BCUT2D eigenvalue weighted by Crippen LogP contribution is 2.88. The van der Waals surface area contributed by atoms with Crippen molar-refractivity contribution >= 4 is 5.78 Å². The predicted molar refractivity (Wildman–Crippen MR) is 116 cm³/mol. The molecule has 164 valence electrons. The van der Waals surface area contributed by atoms with Gasteiger partial charge in [-0.05, 0) is 99.5 Å². The van der Waals surface area contributed by atoms with Gasteiger partial charge in [0.05, 0.1) is 6.10 Å². The highest BCUT2D eigenvalue weighted by molar-refractivity contribution is 5.86. The van der Waals surface area contributed by atoms with E-state index in [0.29, 0.717) is 34.5 Å². The van der Waals surface area contributed by atoms with Crippen molar-refractivity contribution in [3.05, 3.63) is 0 Å². The first-order valence-corrected chi connectivity index (χ1v) is 12.3. The fourth-order valence-electron chi connectivity index (χ4n) is 10.5. The molecule has 0 saturated heterocycles. The molecule has 29 heavy (non-hydrogen) atoms. The van der Waals surface area contributed by atoms with E-state index < -0.39 is 0 Å². The lowest BCUT2D eigenvalue weighted by Crippen LogP contribution is -2.58. The molecule has 5 aliphatic rings. The third kappa shape index (κ3) is 2.11. The number of rotatable bonds is 2. The molecule has 0 amide bonds. The molecule has 3 heteroatoms. The number of nitrogens with zero attached hydrogens (tertiary/aromatic N) is 1. The van der Waals surface area contributed by atoms with E-state index in [1.54, 1.807) is 0 Å². The Morgan fingerprint density at radius 2 is 1.59 bits per heavy atom. The van der Waals surface area contributed by atoms with Crippen LogP contribution in [-0.2, 0) is 4.79 Å². The summed E-state index contributed by atoms with van der Waals surface area (Å²) in [7, 11) is 4.34. The molecule has 0 aromatic heterocycles. The molecule has 0 aromatic carbocycles. The largest absolute Gasteiger partial charge is 0.393 e. The van der Waals surface area contributed by atoms with E-state index in [-0.39, 0.29) is 22.3 Å². The highest BCUT2D eigenvalue weighted by atomic mass is 16.3. The van der Waals surface area contributed by atoms with Gasteiger partial charge in [-0.3, -0.25) is 4.79 Å². The maximum Gasteiger partial charge on any atom is 0.138 e. The SMILES string of the molecule is C[C@@H]([C@H]1[C@H](O)C[C@@]2(C)[C@@H]3CC[C@H]4C(C)(C)C(=O)CC[C@@]45C[C@@]35CC[C@]12C)N(C)C. The summed E-state index contributed by atoms with van der Waals surface area (Å²) in [6.45, 7) is 11.9. The van der Waals surface area contributed by atoms with Crippen molar-refractivity contribution in [1.82, 2.24) is 4.90 Å². The quantitative estimate of drug-likeness (QED) is 0.714. The Morgan fingerprint density at radius 1 is 0.966 bits per heavy atom. The van der Waals surface area contributed by atoms with Crippen molar-refractivity contribution in [3.63, 3.8) is 0 Å². The number of hydrogen-bond donors (Lipinski definition) is 1. The number of Topliss-reactive ketones (excluding diaryl/α,β-unsaturated/α-hetero) is 1. The van der Waals surface area contributed by atoms with E-state index in [9.17, 15) is 9.90 Å². The summed E-state index contributed by atoms with van der Waals surface area (Å²) in [4.78, 5) is 15.1. The molecule has 5 fully saturated rings. The first-order chi connectivity index (χ1) is 13.4. The van der Waals surface area contributed by atoms with Crippen molar-refractivity contribution in [2.24, 2.45) is 44.8 Å². The molecule has 0 bridgehead atoms. The number of ketones is 1. The molecule has 5 saturated carbocycles. The zero-order valence-electron chi connectivity index (χ0n) is 19.8. The second kappa shape index (κ2) is 5.68. The van der Waals surface area contributed by atoms with Crippen molar-refractivity contribution in [2.75, 3.05) is 14.1 Å². The summed E-state index contributed by atoms with van der Waals surface area (Å²) in [5.74, 6) is 2.18. The number of fused-ring (bicyclic) bond motifs is 2. The van der Waals surface area contributed by atoms with Crippen molar-refractivity contribution in [3.8, 4) is 0 Å². The Labute approximate surface area is 178 Å². The molecular weight excluding hydrogens is 358 g/mol. The lowest BCUT2D eigenvalue weighted by atomic mass is 9.42. The summed E-state index contributed by atoms with van der Waals surface area (Å²) in [5, 5.41) is 11.3. The minimum absolute atomic E-state index is 0.133. The topological polar surface area (TPSA) is 40.5 Å². The summed E-state index contributed by atoms with van der Waals surface area (Å²) in [6.07, 6.45) is 9.17. The van der Waals surface area contributed by atoms with E-state index in [1.165, 1.54) is 32.1 Å². The molecule has 0 aromatic rings. The van der Waals surface area contributed by atoms with Gasteiger partial charge in [-0.25, -0.2) is 0 Å². The Balaban J connectivity index is 1.54. The van der Waals surface area contributed by atoms with Crippen LogP contribution in [0.25, 0.3) is 0 Å². The zero-order chi connectivity index (χ0) is 21.2. The number of carbonyl (C=O) groups excluding carboxylic acids is 1. The maximum absolute atomic E-state index is 12.8. The minimum atomic E-state index is -0.186. The van der Waals surface area contributed by atoms with Gasteiger partial charge < -0.3 is 10.0 Å². The third-order valence-corrected chi connectivity index (χ3v) is 12.2. The molecule has 2 spiro atoms. The average molecular weight is 402 g/mol. The molecule has 3 nitrogen and oxygen atoms in total. The van der Waals surface area contributed by atoms with Gasteiger partial charge >= 0.3 is 0 Å². The van der Waals surface area contributed by atoms with E-state index in [0.717, 1.165) is 25.2 Å².